The number of likely N-dealkylation sites (tertiary alicyclic amines) is 2. The van der Waals surface area contributed by atoms with E-state index in [-0.39, 0.29) is 23.0 Å². The molecule has 29 heavy (non-hydrogen) atoms. The molecule has 4 rings (SSSR count). The fourth-order valence-electron chi connectivity index (χ4n) is 4.32. The molecule has 2 aliphatic rings. The highest BCUT2D eigenvalue weighted by atomic mass is 79.9. The lowest BCUT2D eigenvalue weighted by atomic mass is 9.77. The Kier molecular flexibility index (Phi) is 5.34. The summed E-state index contributed by atoms with van der Waals surface area (Å²) in [5.74, 6) is 0.277. The molecule has 1 spiro atoms. The molecule has 0 bridgehead atoms. The molecule has 2 amide bonds. The third kappa shape index (κ3) is 4.01. The van der Waals surface area contributed by atoms with Gasteiger partial charge in [-0.1, -0.05) is 12.1 Å². The van der Waals surface area contributed by atoms with E-state index in [4.69, 9.17) is 4.42 Å². The highest BCUT2D eigenvalue weighted by molar-refractivity contribution is 9.10. The molecule has 2 aliphatic heterocycles. The molecule has 0 unspecified atom stereocenters. The van der Waals surface area contributed by atoms with Crippen molar-refractivity contribution < 1.29 is 18.8 Å². The van der Waals surface area contributed by atoms with E-state index >= 15 is 0 Å². The highest BCUT2D eigenvalue weighted by Gasteiger charge is 2.43. The van der Waals surface area contributed by atoms with Crippen LogP contribution in [0.5, 0.6) is 0 Å². The van der Waals surface area contributed by atoms with Crippen LogP contribution in [0.2, 0.25) is 0 Å². The Balaban J connectivity index is 1.36. The first kappa shape index (κ1) is 19.9. The number of hydrogen-bond acceptors (Lipinski definition) is 4. The van der Waals surface area contributed by atoms with Gasteiger partial charge in [0.1, 0.15) is 0 Å². The largest absolute Gasteiger partial charge is 0.444 e. The average Bonchev–Trinajstić information content (AvgIpc) is 3.34. The fourth-order valence-corrected chi connectivity index (χ4v) is 4.62. The van der Waals surface area contributed by atoms with Crippen LogP contribution in [-0.4, -0.2) is 53.6 Å². The number of benzene rings is 1. The molecule has 2 saturated heterocycles. The Morgan fingerprint density at radius 1 is 0.862 bits per heavy atom. The minimum absolute atomic E-state index is 0.00122. The van der Waals surface area contributed by atoms with Gasteiger partial charge in [0, 0.05) is 37.3 Å². The Labute approximate surface area is 178 Å². The number of carbonyl (C=O) groups is 3. The summed E-state index contributed by atoms with van der Waals surface area (Å²) in [4.78, 5) is 40.6. The molecule has 0 aliphatic carbocycles. The number of piperidine rings is 1. The molecule has 0 atom stereocenters. The zero-order chi connectivity index (χ0) is 20.6. The molecule has 0 saturated carbocycles. The molecule has 1 aromatic heterocycles. The van der Waals surface area contributed by atoms with E-state index in [0.29, 0.717) is 41.2 Å². The SMILES string of the molecule is CC(=O)c1ccc(C(=O)N2CCC3(CC2)CCN(C(=O)c2ccc(Br)o2)C3)cc1. The Morgan fingerprint density at radius 3 is 2.00 bits per heavy atom. The zero-order valence-electron chi connectivity index (χ0n) is 16.3. The van der Waals surface area contributed by atoms with E-state index < -0.39 is 0 Å². The lowest BCUT2D eigenvalue weighted by molar-refractivity contribution is 0.0559. The van der Waals surface area contributed by atoms with Crippen LogP contribution in [0.25, 0.3) is 0 Å². The summed E-state index contributed by atoms with van der Waals surface area (Å²) in [7, 11) is 0. The van der Waals surface area contributed by atoms with E-state index in [1.807, 2.05) is 9.80 Å². The van der Waals surface area contributed by atoms with Crippen molar-refractivity contribution >= 4 is 33.5 Å². The van der Waals surface area contributed by atoms with E-state index in [1.54, 1.807) is 36.4 Å². The van der Waals surface area contributed by atoms with Gasteiger partial charge in [0.15, 0.2) is 16.2 Å². The van der Waals surface area contributed by atoms with Crippen LogP contribution >= 0.6 is 15.9 Å². The number of amides is 2. The molecular formula is C22H23BrN2O4. The number of rotatable bonds is 3. The van der Waals surface area contributed by atoms with Gasteiger partial charge in [-0.15, -0.1) is 0 Å². The van der Waals surface area contributed by atoms with Gasteiger partial charge in [0.25, 0.3) is 11.8 Å². The maximum absolute atomic E-state index is 12.8. The molecule has 1 aromatic carbocycles. The van der Waals surface area contributed by atoms with Gasteiger partial charge in [-0.25, -0.2) is 0 Å². The van der Waals surface area contributed by atoms with Crippen LogP contribution in [0, 0.1) is 5.41 Å². The topological polar surface area (TPSA) is 70.8 Å². The second-order valence-corrected chi connectivity index (χ2v) is 8.79. The summed E-state index contributed by atoms with van der Waals surface area (Å²) in [6.07, 6.45) is 2.72. The third-order valence-corrected chi connectivity index (χ3v) is 6.59. The van der Waals surface area contributed by atoms with Crippen molar-refractivity contribution in [3.8, 4) is 0 Å². The third-order valence-electron chi connectivity index (χ3n) is 6.16. The molecule has 0 radical (unpaired) electrons. The van der Waals surface area contributed by atoms with E-state index in [9.17, 15) is 14.4 Å². The highest BCUT2D eigenvalue weighted by Crippen LogP contribution is 2.41. The summed E-state index contributed by atoms with van der Waals surface area (Å²) < 4.78 is 5.96. The first-order chi connectivity index (χ1) is 13.9. The van der Waals surface area contributed by atoms with E-state index in [0.717, 1.165) is 25.8 Å². The van der Waals surface area contributed by atoms with Crippen LogP contribution in [0.3, 0.4) is 0 Å². The minimum atomic E-state index is -0.0726. The van der Waals surface area contributed by atoms with Gasteiger partial charge in [-0.2, -0.15) is 0 Å². The van der Waals surface area contributed by atoms with Gasteiger partial charge < -0.3 is 14.2 Å². The molecular weight excluding hydrogens is 436 g/mol. The molecule has 152 valence electrons. The molecule has 7 heteroatoms. The van der Waals surface area contributed by atoms with E-state index in [2.05, 4.69) is 15.9 Å². The van der Waals surface area contributed by atoms with Crippen LogP contribution in [0.15, 0.2) is 45.5 Å². The van der Waals surface area contributed by atoms with E-state index in [1.165, 1.54) is 6.92 Å². The second-order valence-electron chi connectivity index (χ2n) is 8.01. The number of halogens is 1. The average molecular weight is 459 g/mol. The molecule has 2 aromatic rings. The summed E-state index contributed by atoms with van der Waals surface area (Å²) in [5.41, 5.74) is 1.30. The number of furan rings is 1. The summed E-state index contributed by atoms with van der Waals surface area (Å²) in [6.45, 7) is 4.31. The quantitative estimate of drug-likeness (QED) is 0.651. The monoisotopic (exact) mass is 458 g/mol. The van der Waals surface area contributed by atoms with Crippen molar-refractivity contribution in [2.75, 3.05) is 26.2 Å². The fraction of sp³-hybridized carbons (Fsp3) is 0.409. The predicted molar refractivity (Wildman–Crippen MR) is 111 cm³/mol. The summed E-state index contributed by atoms with van der Waals surface area (Å²) in [5, 5.41) is 0. The number of nitrogens with zero attached hydrogens (tertiary/aromatic N) is 2. The zero-order valence-corrected chi connectivity index (χ0v) is 17.9. The lowest BCUT2D eigenvalue weighted by Gasteiger charge is -2.39. The first-order valence-electron chi connectivity index (χ1n) is 9.82. The predicted octanol–water partition coefficient (Wildman–Crippen LogP) is 4.01. The molecule has 3 heterocycles. The van der Waals surface area contributed by atoms with Crippen molar-refractivity contribution in [3.63, 3.8) is 0 Å². The van der Waals surface area contributed by atoms with Gasteiger partial charge >= 0.3 is 0 Å². The molecule has 0 N–H and O–H groups in total. The number of ketones is 1. The summed E-state index contributed by atoms with van der Waals surface area (Å²) >= 11 is 3.24. The molecule has 6 nitrogen and oxygen atoms in total. The van der Waals surface area contributed by atoms with Crippen LogP contribution in [0.4, 0.5) is 0 Å². The first-order valence-corrected chi connectivity index (χ1v) is 10.6. The molecule has 2 fully saturated rings. The van der Waals surface area contributed by atoms with Crippen molar-refractivity contribution in [3.05, 3.63) is 58.0 Å². The number of Topliss-reactive ketones (excluding diaryl/α,β-unsaturated/α-hetero) is 1. The van der Waals surface area contributed by atoms with Gasteiger partial charge in [-0.3, -0.25) is 14.4 Å². The maximum atomic E-state index is 12.8. The maximum Gasteiger partial charge on any atom is 0.289 e. The summed E-state index contributed by atoms with van der Waals surface area (Å²) in [6, 6.07) is 10.3. The van der Waals surface area contributed by atoms with Gasteiger partial charge in [0.2, 0.25) is 0 Å². The van der Waals surface area contributed by atoms with Crippen molar-refractivity contribution in [1.29, 1.82) is 0 Å². The van der Waals surface area contributed by atoms with Crippen LogP contribution in [-0.2, 0) is 0 Å². The van der Waals surface area contributed by atoms with Crippen LogP contribution < -0.4 is 0 Å². The smallest absolute Gasteiger partial charge is 0.289 e. The van der Waals surface area contributed by atoms with Gasteiger partial charge in [-0.05, 0) is 71.8 Å². The van der Waals surface area contributed by atoms with Crippen molar-refractivity contribution in [2.24, 2.45) is 5.41 Å². The van der Waals surface area contributed by atoms with Crippen molar-refractivity contribution in [1.82, 2.24) is 9.80 Å². The Hall–Kier alpha value is -2.41. The second kappa shape index (κ2) is 7.78. The van der Waals surface area contributed by atoms with Crippen molar-refractivity contribution in [2.45, 2.75) is 26.2 Å². The number of carbonyl (C=O) groups excluding carboxylic acids is 3. The normalized spacial score (nSPS) is 18.3. The minimum Gasteiger partial charge on any atom is -0.444 e. The number of hydrogen-bond donors (Lipinski definition) is 0. The standard InChI is InChI=1S/C22H23BrN2O4/c1-15(26)16-2-4-17(5-3-16)20(27)24-11-8-22(9-12-24)10-13-25(14-22)21(28)18-6-7-19(23)29-18/h2-7H,8-14H2,1H3. The lowest BCUT2D eigenvalue weighted by Crippen LogP contribution is -2.44. The van der Waals surface area contributed by atoms with Crippen LogP contribution in [0.1, 0.15) is 57.5 Å². The van der Waals surface area contributed by atoms with Gasteiger partial charge in [0.05, 0.1) is 0 Å². The Morgan fingerprint density at radius 2 is 1.45 bits per heavy atom. The Bertz CT molecular complexity index is 942.